The monoisotopic (exact) mass is 363 g/mol. The van der Waals surface area contributed by atoms with Gasteiger partial charge in [-0.05, 0) is 52.9 Å². The van der Waals surface area contributed by atoms with E-state index in [-0.39, 0.29) is 5.91 Å². The molecule has 2 rings (SSSR count). The molecule has 0 bridgehead atoms. The zero-order valence-corrected chi connectivity index (χ0v) is 12.0. The minimum absolute atomic E-state index is 0.244. The lowest BCUT2D eigenvalue weighted by Gasteiger charge is -2.08. The summed E-state index contributed by atoms with van der Waals surface area (Å²) in [5, 5.41) is 11.7. The average molecular weight is 363 g/mol. The number of nitrogen functional groups attached to an aromatic ring is 1. The summed E-state index contributed by atoms with van der Waals surface area (Å²) in [6, 6.07) is 14.1. The van der Waals surface area contributed by atoms with Crippen LogP contribution in [-0.4, -0.2) is 5.91 Å². The first-order valence-corrected chi connectivity index (χ1v) is 6.55. The van der Waals surface area contributed by atoms with E-state index in [0.29, 0.717) is 22.5 Å². The first kappa shape index (κ1) is 13.4. The fraction of sp³-hybridized carbons (Fsp3) is 0. The summed E-state index contributed by atoms with van der Waals surface area (Å²) in [7, 11) is 0. The van der Waals surface area contributed by atoms with E-state index in [4.69, 9.17) is 11.0 Å². The van der Waals surface area contributed by atoms with Gasteiger partial charge in [-0.15, -0.1) is 0 Å². The van der Waals surface area contributed by atoms with Crippen LogP contribution in [0.2, 0.25) is 0 Å². The maximum absolute atomic E-state index is 12.1. The van der Waals surface area contributed by atoms with E-state index in [0.717, 1.165) is 3.57 Å². The average Bonchev–Trinajstić information content (AvgIpc) is 2.41. The van der Waals surface area contributed by atoms with Crippen LogP contribution in [0.25, 0.3) is 0 Å². The predicted octanol–water partition coefficient (Wildman–Crippen LogP) is 3.00. The highest BCUT2D eigenvalue weighted by Gasteiger charge is 2.11. The highest BCUT2D eigenvalue weighted by Crippen LogP contribution is 2.20. The fourth-order valence-corrected chi connectivity index (χ4v) is 2.23. The van der Waals surface area contributed by atoms with Crippen LogP contribution in [0, 0.1) is 14.9 Å². The molecular weight excluding hydrogens is 353 g/mol. The number of halogens is 1. The molecule has 0 spiro atoms. The van der Waals surface area contributed by atoms with E-state index in [1.165, 1.54) is 6.07 Å². The number of hydrogen-bond acceptors (Lipinski definition) is 3. The molecule has 0 radical (unpaired) electrons. The Morgan fingerprint density at radius 2 is 2.00 bits per heavy atom. The van der Waals surface area contributed by atoms with Gasteiger partial charge in [0.1, 0.15) is 6.07 Å². The molecule has 0 unspecified atom stereocenters. The summed E-state index contributed by atoms with van der Waals surface area (Å²) in [6.07, 6.45) is 0. The molecule has 2 aromatic rings. The summed E-state index contributed by atoms with van der Waals surface area (Å²) in [5.74, 6) is -0.244. The number of benzene rings is 2. The van der Waals surface area contributed by atoms with Gasteiger partial charge in [-0.1, -0.05) is 12.1 Å². The molecule has 0 aromatic heterocycles. The van der Waals surface area contributed by atoms with Crippen molar-refractivity contribution in [1.29, 1.82) is 5.26 Å². The fourth-order valence-electron chi connectivity index (χ4n) is 1.60. The number of nitrogens with two attached hydrogens (primary N) is 1. The van der Waals surface area contributed by atoms with E-state index in [2.05, 4.69) is 27.9 Å². The first-order valence-electron chi connectivity index (χ1n) is 5.47. The number of anilines is 2. The van der Waals surface area contributed by atoms with Crippen molar-refractivity contribution in [1.82, 2.24) is 0 Å². The van der Waals surface area contributed by atoms with E-state index in [1.807, 2.05) is 18.2 Å². The van der Waals surface area contributed by atoms with Crippen LogP contribution in [0.3, 0.4) is 0 Å². The second kappa shape index (κ2) is 5.71. The molecule has 0 atom stereocenters. The molecule has 0 heterocycles. The van der Waals surface area contributed by atoms with Gasteiger partial charge in [-0.3, -0.25) is 4.79 Å². The summed E-state index contributed by atoms with van der Waals surface area (Å²) in [4.78, 5) is 12.1. The van der Waals surface area contributed by atoms with Gasteiger partial charge in [0.05, 0.1) is 16.8 Å². The number of nitriles is 1. The molecular formula is C14H10IN3O. The van der Waals surface area contributed by atoms with Crippen LogP contribution in [0.5, 0.6) is 0 Å². The van der Waals surface area contributed by atoms with Gasteiger partial charge in [0, 0.05) is 9.26 Å². The van der Waals surface area contributed by atoms with Crippen LogP contribution in [0.4, 0.5) is 11.4 Å². The van der Waals surface area contributed by atoms with E-state index >= 15 is 0 Å². The Balaban J connectivity index is 2.30. The number of nitrogens with one attached hydrogen (secondary N) is 1. The molecule has 0 saturated carbocycles. The zero-order chi connectivity index (χ0) is 13.8. The third-order valence-corrected chi connectivity index (χ3v) is 3.47. The second-order valence-corrected chi connectivity index (χ2v) is 5.01. The minimum atomic E-state index is -0.244. The maximum atomic E-state index is 12.1. The molecule has 4 nitrogen and oxygen atoms in total. The molecule has 5 heteroatoms. The van der Waals surface area contributed by atoms with Crippen LogP contribution in [-0.2, 0) is 0 Å². The summed E-state index contributed by atoms with van der Waals surface area (Å²) in [5.41, 5.74) is 7.47. The van der Waals surface area contributed by atoms with E-state index in [1.54, 1.807) is 24.3 Å². The number of amides is 1. The lowest BCUT2D eigenvalue weighted by atomic mass is 10.1. The van der Waals surface area contributed by atoms with Crippen molar-refractivity contribution in [3.05, 3.63) is 57.2 Å². The van der Waals surface area contributed by atoms with Gasteiger partial charge in [0.15, 0.2) is 0 Å². The molecule has 0 aliphatic heterocycles. The Morgan fingerprint density at radius 1 is 1.26 bits per heavy atom. The molecule has 0 fully saturated rings. The number of hydrogen-bond donors (Lipinski definition) is 2. The minimum Gasteiger partial charge on any atom is -0.399 e. The highest BCUT2D eigenvalue weighted by molar-refractivity contribution is 14.1. The Kier molecular flexibility index (Phi) is 4.02. The molecule has 0 aliphatic carbocycles. The van der Waals surface area contributed by atoms with Gasteiger partial charge in [-0.25, -0.2) is 0 Å². The Morgan fingerprint density at radius 3 is 2.68 bits per heavy atom. The number of rotatable bonds is 2. The van der Waals surface area contributed by atoms with Gasteiger partial charge < -0.3 is 11.1 Å². The van der Waals surface area contributed by atoms with Crippen molar-refractivity contribution in [2.24, 2.45) is 0 Å². The SMILES string of the molecule is N#Cc1cc(N)ccc1NC(=O)c1ccccc1I. The Labute approximate surface area is 124 Å². The van der Waals surface area contributed by atoms with Crippen LogP contribution in [0.15, 0.2) is 42.5 Å². The van der Waals surface area contributed by atoms with Crippen molar-refractivity contribution >= 4 is 39.9 Å². The van der Waals surface area contributed by atoms with Gasteiger partial charge in [-0.2, -0.15) is 5.26 Å². The van der Waals surface area contributed by atoms with E-state index < -0.39 is 0 Å². The highest BCUT2D eigenvalue weighted by atomic mass is 127. The Hall–Kier alpha value is -2.07. The quantitative estimate of drug-likeness (QED) is 0.636. The second-order valence-electron chi connectivity index (χ2n) is 3.85. The van der Waals surface area contributed by atoms with Gasteiger partial charge in [0.25, 0.3) is 5.91 Å². The van der Waals surface area contributed by atoms with E-state index in [9.17, 15) is 4.79 Å². The molecule has 3 N–H and O–H groups in total. The maximum Gasteiger partial charge on any atom is 0.256 e. The summed E-state index contributed by atoms with van der Waals surface area (Å²) >= 11 is 2.10. The van der Waals surface area contributed by atoms with Crippen molar-refractivity contribution < 1.29 is 4.79 Å². The zero-order valence-electron chi connectivity index (χ0n) is 9.85. The standard InChI is InChI=1S/C14H10IN3O/c15-12-4-2-1-3-11(12)14(19)18-13-6-5-10(17)7-9(13)8-16/h1-7H,17H2,(H,18,19). The topological polar surface area (TPSA) is 78.9 Å². The van der Waals surface area contributed by atoms with Gasteiger partial charge >= 0.3 is 0 Å². The molecule has 0 aliphatic rings. The van der Waals surface area contributed by atoms with Gasteiger partial charge in [0.2, 0.25) is 0 Å². The molecule has 1 amide bonds. The van der Waals surface area contributed by atoms with Crippen LogP contribution < -0.4 is 11.1 Å². The van der Waals surface area contributed by atoms with Crippen molar-refractivity contribution in [3.63, 3.8) is 0 Å². The lowest BCUT2D eigenvalue weighted by Crippen LogP contribution is -2.14. The normalized spacial score (nSPS) is 9.68. The summed E-state index contributed by atoms with van der Waals surface area (Å²) in [6.45, 7) is 0. The third kappa shape index (κ3) is 3.03. The number of nitrogens with zero attached hydrogens (tertiary/aromatic N) is 1. The number of carbonyl (C=O) groups excluding carboxylic acids is 1. The first-order chi connectivity index (χ1) is 9.11. The lowest BCUT2D eigenvalue weighted by molar-refractivity contribution is 0.102. The van der Waals surface area contributed by atoms with Crippen molar-refractivity contribution in [2.45, 2.75) is 0 Å². The smallest absolute Gasteiger partial charge is 0.256 e. The summed E-state index contributed by atoms with van der Waals surface area (Å²) < 4.78 is 0.853. The van der Waals surface area contributed by atoms with Crippen LogP contribution in [0.1, 0.15) is 15.9 Å². The Bertz CT molecular complexity index is 677. The van der Waals surface area contributed by atoms with Crippen LogP contribution >= 0.6 is 22.6 Å². The molecule has 94 valence electrons. The van der Waals surface area contributed by atoms with Crippen molar-refractivity contribution in [3.8, 4) is 6.07 Å². The molecule has 19 heavy (non-hydrogen) atoms. The predicted molar refractivity (Wildman–Crippen MR) is 82.7 cm³/mol. The molecule has 2 aromatic carbocycles. The van der Waals surface area contributed by atoms with Crippen molar-refractivity contribution in [2.75, 3.05) is 11.1 Å². The molecule has 0 saturated heterocycles. The number of carbonyl (C=O) groups is 1. The third-order valence-electron chi connectivity index (χ3n) is 2.53. The largest absolute Gasteiger partial charge is 0.399 e.